The Morgan fingerprint density at radius 1 is 1.19 bits per heavy atom. The van der Waals surface area contributed by atoms with Crippen LogP contribution in [0.2, 0.25) is 0 Å². The van der Waals surface area contributed by atoms with Crippen LogP contribution in [-0.4, -0.2) is 43.6 Å². The topological polar surface area (TPSA) is 41.6 Å². The van der Waals surface area contributed by atoms with Crippen molar-refractivity contribution in [1.29, 1.82) is 0 Å². The number of benzene rings is 1. The molecule has 0 aromatic heterocycles. The summed E-state index contributed by atoms with van der Waals surface area (Å²) in [5, 5.41) is 3.40. The van der Waals surface area contributed by atoms with E-state index in [0.29, 0.717) is 24.9 Å². The zero-order chi connectivity index (χ0) is 14.8. The second-order valence-electron chi connectivity index (χ2n) is 6.40. The van der Waals surface area contributed by atoms with Crippen LogP contribution in [0.4, 0.5) is 0 Å². The van der Waals surface area contributed by atoms with Crippen molar-refractivity contribution in [3.63, 3.8) is 0 Å². The summed E-state index contributed by atoms with van der Waals surface area (Å²) in [6, 6.07) is 6.15. The third kappa shape index (κ3) is 3.38. The van der Waals surface area contributed by atoms with Crippen molar-refractivity contribution < 1.29 is 9.53 Å². The van der Waals surface area contributed by atoms with Gasteiger partial charge >= 0.3 is 0 Å². The highest BCUT2D eigenvalue weighted by Crippen LogP contribution is 2.26. The minimum Gasteiger partial charge on any atom is -0.493 e. The number of nitrogens with zero attached hydrogens (tertiary/aromatic N) is 1. The van der Waals surface area contributed by atoms with Gasteiger partial charge in [-0.2, -0.15) is 0 Å². The number of nitrogens with one attached hydrogen (secondary N) is 1. The molecule has 0 spiro atoms. The van der Waals surface area contributed by atoms with Crippen molar-refractivity contribution >= 4 is 5.91 Å². The third-order valence-electron chi connectivity index (χ3n) is 4.52. The zero-order valence-electron chi connectivity index (χ0n) is 12.9. The predicted molar refractivity (Wildman–Crippen MR) is 82.5 cm³/mol. The van der Waals surface area contributed by atoms with Gasteiger partial charge in [0.05, 0.1) is 13.0 Å². The summed E-state index contributed by atoms with van der Waals surface area (Å²) in [4.78, 5) is 14.2. The van der Waals surface area contributed by atoms with Crippen LogP contribution in [-0.2, 0) is 4.79 Å². The Labute approximate surface area is 126 Å². The van der Waals surface area contributed by atoms with Gasteiger partial charge in [0.25, 0.3) is 0 Å². The van der Waals surface area contributed by atoms with E-state index in [1.54, 1.807) is 0 Å². The number of hydrogen-bond donors (Lipinski definition) is 1. The van der Waals surface area contributed by atoms with E-state index in [0.717, 1.165) is 31.9 Å². The van der Waals surface area contributed by atoms with E-state index in [4.69, 9.17) is 4.74 Å². The second kappa shape index (κ2) is 6.06. The number of aryl methyl sites for hydroxylation is 2. The first-order valence-electron chi connectivity index (χ1n) is 7.81. The molecule has 3 rings (SSSR count). The maximum atomic E-state index is 12.2. The van der Waals surface area contributed by atoms with Crippen LogP contribution in [0, 0.1) is 25.7 Å². The zero-order valence-corrected chi connectivity index (χ0v) is 12.9. The van der Waals surface area contributed by atoms with Crippen LogP contribution in [0.1, 0.15) is 17.5 Å². The predicted octanol–water partition coefficient (Wildman–Crippen LogP) is 1.75. The lowest BCUT2D eigenvalue weighted by atomic mass is 10.0. The van der Waals surface area contributed by atoms with Gasteiger partial charge in [-0.15, -0.1) is 0 Å². The molecule has 0 saturated carbocycles. The molecule has 4 nitrogen and oxygen atoms in total. The lowest BCUT2D eigenvalue weighted by Crippen LogP contribution is -2.32. The Balaban J connectivity index is 1.46. The smallest absolute Gasteiger partial charge is 0.226 e. The fourth-order valence-electron chi connectivity index (χ4n) is 3.49. The van der Waals surface area contributed by atoms with Crippen molar-refractivity contribution in [2.24, 2.45) is 11.8 Å². The molecule has 0 aliphatic carbocycles. The van der Waals surface area contributed by atoms with E-state index in [-0.39, 0.29) is 5.91 Å². The fourth-order valence-corrected chi connectivity index (χ4v) is 3.49. The van der Waals surface area contributed by atoms with E-state index >= 15 is 0 Å². The van der Waals surface area contributed by atoms with Gasteiger partial charge in [0.1, 0.15) is 5.75 Å². The minimum atomic E-state index is 0.230. The first-order valence-corrected chi connectivity index (χ1v) is 7.81. The van der Waals surface area contributed by atoms with Crippen molar-refractivity contribution in [3.8, 4) is 5.75 Å². The standard InChI is InChI=1S/C17H24N2O2/c1-12-5-13(2)7-16(6-12)21-4-3-17(20)19-10-14-8-18-9-15(14)11-19/h5-7,14-15,18H,3-4,8-11H2,1-2H3/t14-,15+. The Kier molecular flexibility index (Phi) is 4.15. The molecule has 21 heavy (non-hydrogen) atoms. The number of carbonyl (C=O) groups is 1. The molecule has 0 bridgehead atoms. The summed E-state index contributed by atoms with van der Waals surface area (Å²) in [5.41, 5.74) is 2.38. The largest absolute Gasteiger partial charge is 0.493 e. The van der Waals surface area contributed by atoms with Crippen LogP contribution in [0.3, 0.4) is 0 Å². The Bertz CT molecular complexity index is 497. The quantitative estimate of drug-likeness (QED) is 0.918. The molecule has 4 heteroatoms. The van der Waals surface area contributed by atoms with E-state index in [1.807, 2.05) is 17.0 Å². The van der Waals surface area contributed by atoms with Gasteiger partial charge in [-0.1, -0.05) is 6.07 Å². The average molecular weight is 288 g/mol. The molecule has 2 atom stereocenters. The molecule has 2 heterocycles. The molecular weight excluding hydrogens is 264 g/mol. The molecule has 1 aromatic carbocycles. The summed E-state index contributed by atoms with van der Waals surface area (Å²) < 4.78 is 5.73. The summed E-state index contributed by atoms with van der Waals surface area (Å²) in [5.74, 6) is 2.42. The highest BCUT2D eigenvalue weighted by molar-refractivity contribution is 5.76. The molecule has 2 saturated heterocycles. The number of fused-ring (bicyclic) bond motifs is 1. The van der Waals surface area contributed by atoms with Gasteiger partial charge in [0.15, 0.2) is 0 Å². The number of ether oxygens (including phenoxy) is 1. The van der Waals surface area contributed by atoms with Crippen LogP contribution in [0.25, 0.3) is 0 Å². The molecule has 1 amide bonds. The summed E-state index contributed by atoms with van der Waals surface area (Å²) in [6.45, 7) is 8.54. The van der Waals surface area contributed by atoms with Gasteiger partial charge in [-0.25, -0.2) is 0 Å². The molecular formula is C17H24N2O2. The fraction of sp³-hybridized carbons (Fsp3) is 0.588. The van der Waals surface area contributed by atoms with Gasteiger partial charge in [0.2, 0.25) is 5.91 Å². The van der Waals surface area contributed by atoms with E-state index in [1.165, 1.54) is 11.1 Å². The summed E-state index contributed by atoms with van der Waals surface area (Å²) in [6.07, 6.45) is 0.472. The van der Waals surface area contributed by atoms with Crippen molar-refractivity contribution in [2.45, 2.75) is 20.3 Å². The van der Waals surface area contributed by atoms with Crippen LogP contribution in [0.5, 0.6) is 5.75 Å². The molecule has 2 fully saturated rings. The maximum Gasteiger partial charge on any atom is 0.226 e. The molecule has 0 unspecified atom stereocenters. The second-order valence-corrected chi connectivity index (χ2v) is 6.40. The Morgan fingerprint density at radius 2 is 1.81 bits per heavy atom. The molecule has 2 aliphatic heterocycles. The molecule has 1 aromatic rings. The summed E-state index contributed by atoms with van der Waals surface area (Å²) in [7, 11) is 0. The van der Waals surface area contributed by atoms with Crippen LogP contribution < -0.4 is 10.1 Å². The molecule has 0 radical (unpaired) electrons. The van der Waals surface area contributed by atoms with Gasteiger partial charge < -0.3 is 15.0 Å². The first-order chi connectivity index (χ1) is 10.1. The number of amides is 1. The van der Waals surface area contributed by atoms with Gasteiger partial charge in [-0.05, 0) is 48.9 Å². The van der Waals surface area contributed by atoms with Crippen molar-refractivity contribution in [2.75, 3.05) is 32.8 Å². The average Bonchev–Trinajstić information content (AvgIpc) is 2.97. The Morgan fingerprint density at radius 3 is 2.43 bits per heavy atom. The SMILES string of the molecule is Cc1cc(C)cc(OCCC(=O)N2C[C@H]3CNC[C@H]3C2)c1. The van der Waals surface area contributed by atoms with Crippen molar-refractivity contribution in [3.05, 3.63) is 29.3 Å². The first kappa shape index (κ1) is 14.4. The Hall–Kier alpha value is -1.55. The van der Waals surface area contributed by atoms with Gasteiger partial charge in [0, 0.05) is 26.2 Å². The minimum absolute atomic E-state index is 0.230. The molecule has 114 valence electrons. The lowest BCUT2D eigenvalue weighted by Gasteiger charge is -2.17. The normalized spacial score (nSPS) is 24.2. The number of likely N-dealkylation sites (tertiary alicyclic amines) is 1. The van der Waals surface area contributed by atoms with E-state index < -0.39 is 0 Å². The maximum absolute atomic E-state index is 12.2. The highest BCUT2D eigenvalue weighted by Gasteiger charge is 2.37. The van der Waals surface area contributed by atoms with Crippen LogP contribution >= 0.6 is 0 Å². The molecule has 1 N–H and O–H groups in total. The summed E-state index contributed by atoms with van der Waals surface area (Å²) >= 11 is 0. The monoisotopic (exact) mass is 288 g/mol. The van der Waals surface area contributed by atoms with E-state index in [9.17, 15) is 4.79 Å². The number of hydrogen-bond acceptors (Lipinski definition) is 3. The number of carbonyl (C=O) groups excluding carboxylic acids is 1. The van der Waals surface area contributed by atoms with Crippen LogP contribution in [0.15, 0.2) is 18.2 Å². The van der Waals surface area contributed by atoms with Crippen molar-refractivity contribution in [1.82, 2.24) is 10.2 Å². The van der Waals surface area contributed by atoms with E-state index in [2.05, 4.69) is 25.2 Å². The molecule has 2 aliphatic rings. The lowest BCUT2D eigenvalue weighted by molar-refractivity contribution is -0.130. The van der Waals surface area contributed by atoms with Gasteiger partial charge in [-0.3, -0.25) is 4.79 Å². The third-order valence-corrected chi connectivity index (χ3v) is 4.52. The number of rotatable bonds is 4. The highest BCUT2D eigenvalue weighted by atomic mass is 16.5.